The number of hydrogen-bond acceptors (Lipinski definition) is 2. The Balaban J connectivity index is 2.26. The van der Waals surface area contributed by atoms with Crippen LogP contribution in [-0.2, 0) is 13.1 Å². The van der Waals surface area contributed by atoms with E-state index in [2.05, 4.69) is 73.9 Å². The average molecular weight is 323 g/mol. The predicted molar refractivity (Wildman–Crippen MR) is 102 cm³/mol. The highest BCUT2D eigenvalue weighted by molar-refractivity contribution is 5.17. The Hall–Kier alpha value is -1.90. The van der Waals surface area contributed by atoms with Crippen LogP contribution >= 0.6 is 0 Å². The summed E-state index contributed by atoms with van der Waals surface area (Å²) in [5.74, 6) is 0.354. The quantitative estimate of drug-likeness (QED) is 0.679. The van der Waals surface area contributed by atoms with Crippen LogP contribution < -0.4 is 0 Å². The standard InChI is InChI=1S/C22H29NO/c1-4-11-21(24)22(18(2)3)23(16-19-12-7-5-8-13-19)17-20-14-9-6-10-15-20/h4-10,12-15,18,21-22,24H,1,11,16-17H2,2-3H3/t21?,22-/m1/s1. The molecule has 0 spiro atoms. The average Bonchev–Trinajstić information content (AvgIpc) is 2.56. The van der Waals surface area contributed by atoms with Crippen LogP contribution in [0, 0.1) is 5.92 Å². The monoisotopic (exact) mass is 323 g/mol. The number of rotatable bonds is 9. The van der Waals surface area contributed by atoms with Crippen LogP contribution in [0.25, 0.3) is 0 Å². The molecule has 0 radical (unpaired) electrons. The summed E-state index contributed by atoms with van der Waals surface area (Å²) in [7, 11) is 0. The Labute approximate surface area is 146 Å². The van der Waals surface area contributed by atoms with Gasteiger partial charge in [0.1, 0.15) is 0 Å². The van der Waals surface area contributed by atoms with E-state index in [-0.39, 0.29) is 6.04 Å². The summed E-state index contributed by atoms with van der Waals surface area (Å²) in [4.78, 5) is 2.39. The fourth-order valence-electron chi connectivity index (χ4n) is 3.32. The first-order valence-electron chi connectivity index (χ1n) is 8.72. The second-order valence-corrected chi connectivity index (χ2v) is 6.70. The lowest BCUT2D eigenvalue weighted by Crippen LogP contribution is -2.46. The van der Waals surface area contributed by atoms with Crippen molar-refractivity contribution in [1.29, 1.82) is 0 Å². The molecule has 0 fully saturated rings. The lowest BCUT2D eigenvalue weighted by atomic mass is 9.93. The highest BCUT2D eigenvalue weighted by atomic mass is 16.3. The van der Waals surface area contributed by atoms with Crippen molar-refractivity contribution < 1.29 is 5.11 Å². The molecular weight excluding hydrogens is 294 g/mol. The van der Waals surface area contributed by atoms with Gasteiger partial charge in [-0.3, -0.25) is 4.90 Å². The van der Waals surface area contributed by atoms with Gasteiger partial charge in [-0.2, -0.15) is 0 Å². The first-order valence-corrected chi connectivity index (χ1v) is 8.72. The van der Waals surface area contributed by atoms with E-state index >= 15 is 0 Å². The molecule has 128 valence electrons. The summed E-state index contributed by atoms with van der Waals surface area (Å²) < 4.78 is 0. The van der Waals surface area contributed by atoms with Crippen LogP contribution in [0.15, 0.2) is 73.3 Å². The van der Waals surface area contributed by atoms with Crippen molar-refractivity contribution in [2.24, 2.45) is 5.92 Å². The van der Waals surface area contributed by atoms with Crippen molar-refractivity contribution in [3.05, 3.63) is 84.4 Å². The van der Waals surface area contributed by atoms with Crippen LogP contribution in [0.2, 0.25) is 0 Å². The highest BCUT2D eigenvalue weighted by Gasteiger charge is 2.28. The second kappa shape index (κ2) is 9.41. The fraction of sp³-hybridized carbons (Fsp3) is 0.364. The molecule has 0 aliphatic carbocycles. The lowest BCUT2D eigenvalue weighted by Gasteiger charge is -2.37. The summed E-state index contributed by atoms with van der Waals surface area (Å²) >= 11 is 0. The van der Waals surface area contributed by atoms with E-state index in [1.54, 1.807) is 0 Å². The molecule has 2 nitrogen and oxygen atoms in total. The Morgan fingerprint density at radius 1 is 0.917 bits per heavy atom. The molecule has 0 aliphatic rings. The van der Waals surface area contributed by atoms with Crippen molar-refractivity contribution in [3.63, 3.8) is 0 Å². The number of nitrogens with zero attached hydrogens (tertiary/aromatic N) is 1. The van der Waals surface area contributed by atoms with Gasteiger partial charge in [-0.05, 0) is 23.5 Å². The largest absolute Gasteiger partial charge is 0.391 e. The topological polar surface area (TPSA) is 23.5 Å². The van der Waals surface area contributed by atoms with Gasteiger partial charge >= 0.3 is 0 Å². The zero-order chi connectivity index (χ0) is 17.4. The van der Waals surface area contributed by atoms with E-state index in [1.165, 1.54) is 11.1 Å². The van der Waals surface area contributed by atoms with Gasteiger partial charge in [-0.25, -0.2) is 0 Å². The molecule has 1 unspecified atom stereocenters. The van der Waals surface area contributed by atoms with E-state index in [0.29, 0.717) is 12.3 Å². The number of benzene rings is 2. The smallest absolute Gasteiger partial charge is 0.0732 e. The Morgan fingerprint density at radius 2 is 1.38 bits per heavy atom. The maximum absolute atomic E-state index is 10.7. The van der Waals surface area contributed by atoms with Crippen LogP contribution in [0.4, 0.5) is 0 Å². The second-order valence-electron chi connectivity index (χ2n) is 6.70. The van der Waals surface area contributed by atoms with E-state index in [0.717, 1.165) is 13.1 Å². The highest BCUT2D eigenvalue weighted by Crippen LogP contribution is 2.22. The van der Waals surface area contributed by atoms with E-state index in [9.17, 15) is 5.11 Å². The van der Waals surface area contributed by atoms with Crippen molar-refractivity contribution in [1.82, 2.24) is 4.90 Å². The molecule has 0 amide bonds. The molecule has 0 aliphatic heterocycles. The maximum Gasteiger partial charge on any atom is 0.0732 e. The summed E-state index contributed by atoms with van der Waals surface area (Å²) in [5.41, 5.74) is 2.54. The molecule has 0 saturated heterocycles. The molecule has 2 heteroatoms. The van der Waals surface area contributed by atoms with Gasteiger partial charge in [-0.1, -0.05) is 80.6 Å². The normalized spacial score (nSPS) is 13.9. The summed E-state index contributed by atoms with van der Waals surface area (Å²) in [6.07, 6.45) is 2.02. The molecule has 2 aromatic carbocycles. The molecular formula is C22H29NO. The zero-order valence-corrected chi connectivity index (χ0v) is 14.8. The zero-order valence-electron chi connectivity index (χ0n) is 14.8. The number of aliphatic hydroxyl groups is 1. The van der Waals surface area contributed by atoms with E-state index < -0.39 is 6.10 Å². The third kappa shape index (κ3) is 5.33. The number of hydrogen-bond donors (Lipinski definition) is 1. The predicted octanol–water partition coefficient (Wildman–Crippen LogP) is 4.65. The minimum Gasteiger partial charge on any atom is -0.391 e. The van der Waals surface area contributed by atoms with Gasteiger partial charge in [-0.15, -0.1) is 6.58 Å². The molecule has 2 rings (SSSR count). The van der Waals surface area contributed by atoms with Gasteiger partial charge in [0.05, 0.1) is 6.10 Å². The molecule has 2 aromatic rings. The molecule has 0 heterocycles. The SMILES string of the molecule is C=CCC(O)[C@@H](C(C)C)N(Cc1ccccc1)Cc1ccccc1. The van der Waals surface area contributed by atoms with Gasteiger partial charge in [0.15, 0.2) is 0 Å². The minimum atomic E-state index is -0.407. The van der Waals surface area contributed by atoms with Gasteiger partial charge in [0.2, 0.25) is 0 Å². The van der Waals surface area contributed by atoms with E-state index in [1.807, 2.05) is 18.2 Å². The van der Waals surface area contributed by atoms with Crippen molar-refractivity contribution >= 4 is 0 Å². The third-order valence-corrected chi connectivity index (χ3v) is 4.36. The van der Waals surface area contributed by atoms with Gasteiger partial charge in [0, 0.05) is 19.1 Å². The molecule has 0 bridgehead atoms. The number of aliphatic hydroxyl groups excluding tert-OH is 1. The molecule has 0 aromatic heterocycles. The molecule has 2 atom stereocenters. The fourth-order valence-corrected chi connectivity index (χ4v) is 3.32. The van der Waals surface area contributed by atoms with Crippen molar-refractivity contribution in [3.8, 4) is 0 Å². The van der Waals surface area contributed by atoms with Crippen molar-refractivity contribution in [2.75, 3.05) is 0 Å². The Kier molecular flexibility index (Phi) is 7.23. The summed E-state index contributed by atoms with van der Waals surface area (Å²) in [6.45, 7) is 9.80. The van der Waals surface area contributed by atoms with Crippen LogP contribution in [0.3, 0.4) is 0 Å². The third-order valence-electron chi connectivity index (χ3n) is 4.36. The minimum absolute atomic E-state index is 0.0865. The first-order chi connectivity index (χ1) is 11.6. The van der Waals surface area contributed by atoms with Gasteiger partial charge < -0.3 is 5.11 Å². The molecule has 24 heavy (non-hydrogen) atoms. The Bertz CT molecular complexity index is 552. The van der Waals surface area contributed by atoms with Crippen LogP contribution in [0.1, 0.15) is 31.4 Å². The lowest BCUT2D eigenvalue weighted by molar-refractivity contribution is 0.0160. The Morgan fingerprint density at radius 3 is 1.75 bits per heavy atom. The van der Waals surface area contributed by atoms with Gasteiger partial charge in [0.25, 0.3) is 0 Å². The first kappa shape index (κ1) is 18.4. The van der Waals surface area contributed by atoms with Crippen LogP contribution in [-0.4, -0.2) is 22.2 Å². The molecule has 0 saturated carbocycles. The van der Waals surface area contributed by atoms with Crippen molar-refractivity contribution in [2.45, 2.75) is 45.5 Å². The summed E-state index contributed by atoms with van der Waals surface area (Å²) in [5, 5.41) is 10.7. The van der Waals surface area contributed by atoms with E-state index in [4.69, 9.17) is 0 Å². The molecule has 1 N–H and O–H groups in total. The van der Waals surface area contributed by atoms with Crippen LogP contribution in [0.5, 0.6) is 0 Å². The summed E-state index contributed by atoms with van der Waals surface area (Å²) in [6, 6.07) is 21.0. The maximum atomic E-state index is 10.7.